The Morgan fingerprint density at radius 1 is 0.844 bits per heavy atom. The summed E-state index contributed by atoms with van der Waals surface area (Å²) in [7, 11) is 0. The van der Waals surface area contributed by atoms with Crippen molar-refractivity contribution in [2.24, 2.45) is 0 Å². The summed E-state index contributed by atoms with van der Waals surface area (Å²) in [6, 6.07) is 26.8. The summed E-state index contributed by atoms with van der Waals surface area (Å²) in [5, 5.41) is 20.3. The molecule has 0 aliphatic heterocycles. The van der Waals surface area contributed by atoms with Crippen LogP contribution in [0.15, 0.2) is 88.1 Å². The van der Waals surface area contributed by atoms with E-state index in [1.54, 1.807) is 6.07 Å². The average Bonchev–Trinajstić information content (AvgIpc) is 3.32. The summed E-state index contributed by atoms with van der Waals surface area (Å²) >= 11 is 0. The van der Waals surface area contributed by atoms with Gasteiger partial charge in [-0.2, -0.15) is 15.6 Å². The lowest BCUT2D eigenvalue weighted by molar-refractivity contribution is 0.563. The number of hydrogen-bond donors (Lipinski definition) is 1. The molecule has 0 unspecified atom stereocenters. The number of benzene rings is 3. The van der Waals surface area contributed by atoms with Gasteiger partial charge in [0.1, 0.15) is 17.3 Å². The third-order valence-corrected chi connectivity index (χ3v) is 5.17. The van der Waals surface area contributed by atoms with E-state index in [4.69, 9.17) is 9.68 Å². The largest absolute Gasteiger partial charge is 0.422 e. The smallest absolute Gasteiger partial charge is 0.344 e. The van der Waals surface area contributed by atoms with E-state index in [1.165, 1.54) is 0 Å². The summed E-state index contributed by atoms with van der Waals surface area (Å²) in [5.74, 6) is 0. The third kappa shape index (κ3) is 3.71. The zero-order valence-corrected chi connectivity index (χ0v) is 16.8. The van der Waals surface area contributed by atoms with Crippen molar-refractivity contribution in [3.8, 4) is 28.5 Å². The Bertz CT molecular complexity index is 1540. The highest BCUT2D eigenvalue weighted by molar-refractivity contribution is 5.82. The molecule has 2 heterocycles. The van der Waals surface area contributed by atoms with Gasteiger partial charge >= 0.3 is 5.63 Å². The van der Waals surface area contributed by atoms with Gasteiger partial charge in [0.2, 0.25) is 0 Å². The van der Waals surface area contributed by atoms with Crippen LogP contribution in [-0.2, 0) is 0 Å². The average molecular weight is 416 g/mol. The molecule has 0 saturated heterocycles. The molecule has 0 aliphatic rings. The lowest BCUT2D eigenvalue weighted by atomic mass is 10.0. The Morgan fingerprint density at radius 3 is 2.19 bits per heavy atom. The minimum Gasteiger partial charge on any atom is -0.422 e. The van der Waals surface area contributed by atoms with Gasteiger partial charge < -0.3 is 4.42 Å². The molecule has 32 heavy (non-hydrogen) atoms. The lowest BCUT2D eigenvalue weighted by Crippen LogP contribution is -2.02. The topological polar surface area (TPSA) is 95.6 Å². The van der Waals surface area contributed by atoms with Crippen LogP contribution in [0.4, 0.5) is 0 Å². The summed E-state index contributed by atoms with van der Waals surface area (Å²) < 4.78 is 5.44. The first-order valence-corrected chi connectivity index (χ1v) is 9.94. The molecule has 1 N–H and O–H groups in total. The highest BCUT2D eigenvalue weighted by Gasteiger charge is 2.09. The number of aromatic nitrogens is 3. The fourth-order valence-electron chi connectivity index (χ4n) is 3.49. The number of nitrogens with zero attached hydrogens (tertiary/aromatic N) is 3. The summed E-state index contributed by atoms with van der Waals surface area (Å²) in [6.07, 6.45) is 4.00. The SMILES string of the molecule is N#Cc1n[nH]nc1-c1ccc(C=Cc2ccc(-c3cc4ccccc4oc3=O)cc2)cc1. The van der Waals surface area contributed by atoms with Gasteiger partial charge in [-0.15, -0.1) is 5.10 Å². The molecule has 0 aliphatic carbocycles. The zero-order chi connectivity index (χ0) is 21.9. The summed E-state index contributed by atoms with van der Waals surface area (Å²) in [4.78, 5) is 12.4. The molecule has 0 fully saturated rings. The Labute approximate surface area is 183 Å². The number of hydrogen-bond acceptors (Lipinski definition) is 5. The second-order valence-corrected chi connectivity index (χ2v) is 7.20. The number of nitrogens with one attached hydrogen (secondary N) is 1. The molecule has 0 bridgehead atoms. The quantitative estimate of drug-likeness (QED) is 0.317. The maximum atomic E-state index is 12.4. The Morgan fingerprint density at radius 2 is 1.50 bits per heavy atom. The molecule has 0 radical (unpaired) electrons. The van der Waals surface area contributed by atoms with Crippen LogP contribution >= 0.6 is 0 Å². The van der Waals surface area contributed by atoms with E-state index in [0.29, 0.717) is 16.8 Å². The summed E-state index contributed by atoms with van der Waals surface area (Å²) in [5.41, 5.74) is 5.24. The van der Waals surface area contributed by atoms with Crippen LogP contribution in [0.5, 0.6) is 0 Å². The van der Waals surface area contributed by atoms with E-state index in [0.717, 1.165) is 27.6 Å². The lowest BCUT2D eigenvalue weighted by Gasteiger charge is -2.03. The molecule has 5 aromatic rings. The van der Waals surface area contributed by atoms with Gasteiger partial charge in [-0.1, -0.05) is 78.9 Å². The maximum Gasteiger partial charge on any atom is 0.344 e. The van der Waals surface area contributed by atoms with Crippen molar-refractivity contribution >= 4 is 23.1 Å². The molecule has 0 saturated carbocycles. The molecule has 0 spiro atoms. The van der Waals surface area contributed by atoms with Gasteiger partial charge in [-0.25, -0.2) is 4.79 Å². The predicted molar refractivity (Wildman–Crippen MR) is 123 cm³/mol. The van der Waals surface area contributed by atoms with Crippen LogP contribution < -0.4 is 5.63 Å². The first kappa shape index (κ1) is 19.2. The van der Waals surface area contributed by atoms with E-state index in [2.05, 4.69) is 15.4 Å². The standard InChI is InChI=1S/C26H16N4O2/c27-16-23-25(29-30-28-23)20-13-9-18(10-14-20)6-5-17-7-11-19(12-8-17)22-15-21-3-1-2-4-24(21)32-26(22)31/h1-15H,(H,28,29,30). The fraction of sp³-hybridized carbons (Fsp3) is 0. The molecule has 152 valence electrons. The molecule has 0 atom stereocenters. The van der Waals surface area contributed by atoms with Gasteiger partial charge in [0.15, 0.2) is 5.69 Å². The first-order valence-electron chi connectivity index (χ1n) is 9.94. The number of H-pyrrole nitrogens is 1. The van der Waals surface area contributed by atoms with E-state index >= 15 is 0 Å². The molecule has 5 rings (SSSR count). The van der Waals surface area contributed by atoms with Crippen molar-refractivity contribution in [2.45, 2.75) is 0 Å². The van der Waals surface area contributed by atoms with Gasteiger partial charge in [-0.3, -0.25) is 0 Å². The van der Waals surface area contributed by atoms with Crippen molar-refractivity contribution < 1.29 is 4.42 Å². The second-order valence-electron chi connectivity index (χ2n) is 7.20. The van der Waals surface area contributed by atoms with Crippen LogP contribution in [-0.4, -0.2) is 15.4 Å². The molecular formula is C26H16N4O2. The van der Waals surface area contributed by atoms with Crippen molar-refractivity contribution in [3.05, 3.63) is 106 Å². The van der Waals surface area contributed by atoms with Crippen LogP contribution in [0.3, 0.4) is 0 Å². The monoisotopic (exact) mass is 416 g/mol. The van der Waals surface area contributed by atoms with E-state index in [9.17, 15) is 4.79 Å². The number of fused-ring (bicyclic) bond motifs is 1. The molecule has 6 nitrogen and oxygen atoms in total. The van der Waals surface area contributed by atoms with Gasteiger partial charge in [0.05, 0.1) is 5.56 Å². The molecule has 6 heteroatoms. The highest BCUT2D eigenvalue weighted by Crippen LogP contribution is 2.23. The number of para-hydroxylation sites is 1. The van der Waals surface area contributed by atoms with Gasteiger partial charge in [-0.05, 0) is 28.8 Å². The minimum absolute atomic E-state index is 0.272. The van der Waals surface area contributed by atoms with Gasteiger partial charge in [0, 0.05) is 10.9 Å². The Kier molecular flexibility index (Phi) is 4.91. The summed E-state index contributed by atoms with van der Waals surface area (Å²) in [6.45, 7) is 0. The van der Waals surface area contributed by atoms with Crippen molar-refractivity contribution in [1.29, 1.82) is 5.26 Å². The molecule has 2 aromatic heterocycles. The Balaban J connectivity index is 1.35. The zero-order valence-electron chi connectivity index (χ0n) is 16.8. The van der Waals surface area contributed by atoms with Crippen LogP contribution in [0, 0.1) is 11.3 Å². The molecular weight excluding hydrogens is 400 g/mol. The number of aromatic amines is 1. The van der Waals surface area contributed by atoms with E-state index in [-0.39, 0.29) is 11.3 Å². The number of rotatable bonds is 4. The Hall–Kier alpha value is -4.76. The van der Waals surface area contributed by atoms with Crippen molar-refractivity contribution in [3.63, 3.8) is 0 Å². The fourth-order valence-corrected chi connectivity index (χ4v) is 3.49. The molecule has 3 aromatic carbocycles. The van der Waals surface area contributed by atoms with Crippen LogP contribution in [0.1, 0.15) is 16.8 Å². The first-order chi connectivity index (χ1) is 15.7. The minimum atomic E-state index is -0.348. The van der Waals surface area contributed by atoms with Gasteiger partial charge in [0.25, 0.3) is 0 Å². The third-order valence-electron chi connectivity index (χ3n) is 5.17. The van der Waals surface area contributed by atoms with Crippen LogP contribution in [0.2, 0.25) is 0 Å². The molecule has 0 amide bonds. The van der Waals surface area contributed by atoms with Crippen molar-refractivity contribution in [2.75, 3.05) is 0 Å². The van der Waals surface area contributed by atoms with Crippen LogP contribution in [0.25, 0.3) is 45.5 Å². The maximum absolute atomic E-state index is 12.4. The normalized spacial score (nSPS) is 11.1. The van der Waals surface area contributed by atoms with E-state index in [1.807, 2.05) is 91.0 Å². The van der Waals surface area contributed by atoms with E-state index < -0.39 is 0 Å². The van der Waals surface area contributed by atoms with Crippen molar-refractivity contribution in [1.82, 2.24) is 15.4 Å². The number of nitriles is 1. The second kappa shape index (κ2) is 8.17. The predicted octanol–water partition coefficient (Wildman–Crippen LogP) is 5.29. The highest BCUT2D eigenvalue weighted by atomic mass is 16.4.